The number of benzene rings is 1. The van der Waals surface area contributed by atoms with E-state index < -0.39 is 0 Å². The summed E-state index contributed by atoms with van der Waals surface area (Å²) in [5.74, 6) is 1.73. The fourth-order valence-corrected chi connectivity index (χ4v) is 3.38. The molecule has 2 aromatic heterocycles. The lowest BCUT2D eigenvalue weighted by Crippen LogP contribution is -2.24. The van der Waals surface area contributed by atoms with Gasteiger partial charge in [-0.25, -0.2) is 15.0 Å². The van der Waals surface area contributed by atoms with Crippen LogP contribution in [0, 0.1) is 0 Å². The molecule has 4 rings (SSSR count). The molecular weight excluding hydrogens is 302 g/mol. The molecule has 0 bridgehead atoms. The summed E-state index contributed by atoms with van der Waals surface area (Å²) < 4.78 is 5.25. The van der Waals surface area contributed by atoms with Gasteiger partial charge in [0.15, 0.2) is 17.4 Å². The first-order chi connectivity index (χ1) is 11.8. The highest BCUT2D eigenvalue weighted by Crippen LogP contribution is 2.38. The fourth-order valence-electron chi connectivity index (χ4n) is 3.38. The maximum atomic E-state index is 6.00. The van der Waals surface area contributed by atoms with Gasteiger partial charge >= 0.3 is 0 Å². The number of nitrogen functional groups attached to an aromatic ring is 1. The lowest BCUT2D eigenvalue weighted by atomic mass is 10.0. The second kappa shape index (κ2) is 5.96. The molecular formula is C18H19N5O. The molecule has 24 heavy (non-hydrogen) atoms. The van der Waals surface area contributed by atoms with Crippen LogP contribution >= 0.6 is 0 Å². The molecule has 1 aliphatic heterocycles. The molecule has 1 atom stereocenters. The van der Waals surface area contributed by atoms with Gasteiger partial charge in [-0.3, -0.25) is 0 Å². The standard InChI is InChI=1S/C18H19N5O/c1-24-15-10-13-16(22-17(15)19)18(21-11-20-13)23-9-5-8-14(23)12-6-3-2-4-7-12/h2-4,6-7,10-11,14H,5,8-9H2,1H3,(H2,19,22). The Labute approximate surface area is 140 Å². The van der Waals surface area contributed by atoms with Crippen LogP contribution in [0.15, 0.2) is 42.7 Å². The first-order valence-electron chi connectivity index (χ1n) is 8.04. The number of nitrogens with zero attached hydrogens (tertiary/aromatic N) is 4. The summed E-state index contributed by atoms with van der Waals surface area (Å²) in [6.45, 7) is 0.944. The third kappa shape index (κ3) is 2.40. The molecule has 122 valence electrons. The molecule has 1 unspecified atom stereocenters. The van der Waals surface area contributed by atoms with Gasteiger partial charge < -0.3 is 15.4 Å². The Morgan fingerprint density at radius 1 is 1.21 bits per heavy atom. The minimum atomic E-state index is 0.300. The van der Waals surface area contributed by atoms with Gasteiger partial charge in [0.2, 0.25) is 0 Å². The third-order valence-corrected chi connectivity index (χ3v) is 4.51. The van der Waals surface area contributed by atoms with Crippen LogP contribution in [-0.4, -0.2) is 28.6 Å². The molecule has 3 aromatic rings. The first-order valence-corrected chi connectivity index (χ1v) is 8.04. The predicted molar refractivity (Wildman–Crippen MR) is 94.1 cm³/mol. The van der Waals surface area contributed by atoms with Gasteiger partial charge in [-0.05, 0) is 18.4 Å². The number of rotatable bonds is 3. The molecule has 1 aliphatic rings. The van der Waals surface area contributed by atoms with Crippen LogP contribution in [0.5, 0.6) is 5.75 Å². The van der Waals surface area contributed by atoms with E-state index in [-0.39, 0.29) is 0 Å². The number of ether oxygens (including phenoxy) is 1. The van der Waals surface area contributed by atoms with E-state index in [1.165, 1.54) is 5.56 Å². The number of fused-ring (bicyclic) bond motifs is 1. The maximum Gasteiger partial charge on any atom is 0.166 e. The average Bonchev–Trinajstić information content (AvgIpc) is 3.11. The summed E-state index contributed by atoms with van der Waals surface area (Å²) in [5.41, 5.74) is 8.76. The summed E-state index contributed by atoms with van der Waals surface area (Å²) in [4.78, 5) is 15.7. The molecule has 0 radical (unpaired) electrons. The van der Waals surface area contributed by atoms with E-state index in [4.69, 9.17) is 10.5 Å². The highest BCUT2D eigenvalue weighted by atomic mass is 16.5. The lowest BCUT2D eigenvalue weighted by molar-refractivity contribution is 0.416. The molecule has 1 fully saturated rings. The largest absolute Gasteiger partial charge is 0.493 e. The Morgan fingerprint density at radius 2 is 2.04 bits per heavy atom. The van der Waals surface area contributed by atoms with E-state index in [0.29, 0.717) is 17.6 Å². The predicted octanol–water partition coefficient (Wildman–Crippen LogP) is 2.96. The van der Waals surface area contributed by atoms with E-state index >= 15 is 0 Å². The van der Waals surface area contributed by atoms with Gasteiger partial charge in [0, 0.05) is 12.6 Å². The van der Waals surface area contributed by atoms with Crippen molar-refractivity contribution in [2.75, 3.05) is 24.3 Å². The second-order valence-electron chi connectivity index (χ2n) is 5.90. The highest BCUT2D eigenvalue weighted by molar-refractivity contribution is 5.88. The average molecular weight is 321 g/mol. The van der Waals surface area contributed by atoms with Crippen molar-refractivity contribution in [3.8, 4) is 5.75 Å². The Morgan fingerprint density at radius 3 is 2.83 bits per heavy atom. The van der Waals surface area contributed by atoms with E-state index in [1.54, 1.807) is 13.4 Å². The van der Waals surface area contributed by atoms with Crippen molar-refractivity contribution < 1.29 is 4.74 Å². The van der Waals surface area contributed by atoms with Gasteiger partial charge in [-0.15, -0.1) is 0 Å². The fraction of sp³-hybridized carbons (Fsp3) is 0.278. The molecule has 1 saturated heterocycles. The number of aromatic nitrogens is 3. The molecule has 3 heterocycles. The number of pyridine rings is 1. The smallest absolute Gasteiger partial charge is 0.166 e. The summed E-state index contributed by atoms with van der Waals surface area (Å²) in [6.07, 6.45) is 3.80. The molecule has 0 spiro atoms. The summed E-state index contributed by atoms with van der Waals surface area (Å²) >= 11 is 0. The zero-order valence-electron chi connectivity index (χ0n) is 13.5. The Bertz CT molecular complexity index is 868. The molecule has 2 N–H and O–H groups in total. The normalized spacial score (nSPS) is 17.4. The quantitative estimate of drug-likeness (QED) is 0.799. The minimum absolute atomic E-state index is 0.300. The van der Waals surface area contributed by atoms with Gasteiger partial charge in [-0.2, -0.15) is 0 Å². The first kappa shape index (κ1) is 14.7. The molecule has 1 aromatic carbocycles. The van der Waals surface area contributed by atoms with Gasteiger partial charge in [0.1, 0.15) is 11.8 Å². The summed E-state index contributed by atoms with van der Waals surface area (Å²) in [6, 6.07) is 12.6. The number of methoxy groups -OCH3 is 1. The van der Waals surface area contributed by atoms with Crippen molar-refractivity contribution in [2.45, 2.75) is 18.9 Å². The summed E-state index contributed by atoms with van der Waals surface area (Å²) in [7, 11) is 1.58. The van der Waals surface area contributed by atoms with E-state index in [9.17, 15) is 0 Å². The Kier molecular flexibility index (Phi) is 3.65. The monoisotopic (exact) mass is 321 g/mol. The molecule has 6 heteroatoms. The zero-order chi connectivity index (χ0) is 16.5. The summed E-state index contributed by atoms with van der Waals surface area (Å²) in [5, 5.41) is 0. The van der Waals surface area contributed by atoms with Crippen molar-refractivity contribution in [2.24, 2.45) is 0 Å². The van der Waals surface area contributed by atoms with Gasteiger partial charge in [0.05, 0.1) is 18.7 Å². The second-order valence-corrected chi connectivity index (χ2v) is 5.90. The van der Waals surface area contributed by atoms with Gasteiger partial charge in [0.25, 0.3) is 0 Å². The number of nitrogens with two attached hydrogens (primary N) is 1. The van der Waals surface area contributed by atoms with Crippen LogP contribution in [0.2, 0.25) is 0 Å². The van der Waals surface area contributed by atoms with Crippen LogP contribution in [0.25, 0.3) is 11.0 Å². The Balaban J connectivity index is 1.82. The number of hydrogen-bond acceptors (Lipinski definition) is 6. The maximum absolute atomic E-state index is 6.00. The van der Waals surface area contributed by atoms with Crippen molar-refractivity contribution >= 4 is 22.7 Å². The van der Waals surface area contributed by atoms with Crippen molar-refractivity contribution in [3.05, 3.63) is 48.3 Å². The molecule has 0 saturated carbocycles. The van der Waals surface area contributed by atoms with E-state index in [1.807, 2.05) is 12.1 Å². The number of hydrogen-bond donors (Lipinski definition) is 1. The SMILES string of the molecule is COc1cc2ncnc(N3CCCC3c3ccccc3)c2nc1N. The van der Waals surface area contributed by atoms with Crippen LogP contribution in [-0.2, 0) is 0 Å². The van der Waals surface area contributed by atoms with Crippen molar-refractivity contribution in [1.82, 2.24) is 15.0 Å². The molecule has 6 nitrogen and oxygen atoms in total. The zero-order valence-corrected chi connectivity index (χ0v) is 13.5. The van der Waals surface area contributed by atoms with Crippen molar-refractivity contribution in [1.29, 1.82) is 0 Å². The van der Waals surface area contributed by atoms with Crippen LogP contribution in [0.4, 0.5) is 11.6 Å². The minimum Gasteiger partial charge on any atom is -0.493 e. The van der Waals surface area contributed by atoms with E-state index in [2.05, 4.69) is 44.1 Å². The Hall–Kier alpha value is -2.89. The highest BCUT2D eigenvalue weighted by Gasteiger charge is 2.29. The molecule has 0 aliphatic carbocycles. The van der Waals surface area contributed by atoms with Gasteiger partial charge in [-0.1, -0.05) is 30.3 Å². The van der Waals surface area contributed by atoms with Crippen LogP contribution in [0.3, 0.4) is 0 Å². The topological polar surface area (TPSA) is 77.2 Å². The lowest BCUT2D eigenvalue weighted by Gasteiger charge is -2.26. The molecule has 0 amide bonds. The third-order valence-electron chi connectivity index (χ3n) is 4.51. The van der Waals surface area contributed by atoms with Crippen molar-refractivity contribution in [3.63, 3.8) is 0 Å². The number of anilines is 2. The van der Waals surface area contributed by atoms with Crippen LogP contribution in [0.1, 0.15) is 24.4 Å². The van der Waals surface area contributed by atoms with Crippen LogP contribution < -0.4 is 15.4 Å². The van der Waals surface area contributed by atoms with E-state index in [0.717, 1.165) is 36.2 Å².